The Labute approximate surface area is 207 Å². The molecule has 0 saturated heterocycles. The fourth-order valence-electron chi connectivity index (χ4n) is 2.93. The molecule has 0 bridgehead atoms. The quantitative estimate of drug-likeness (QED) is 0.102. The van der Waals surface area contributed by atoms with Crippen LogP contribution < -0.4 is 15.9 Å². The molecule has 4 aromatic carbocycles. The summed E-state index contributed by atoms with van der Waals surface area (Å²) in [7, 11) is 0.882. The molecule has 4 heteroatoms. The number of ether oxygens (including phenoxy) is 1. The summed E-state index contributed by atoms with van der Waals surface area (Å²) in [6.45, 7) is 0. The number of hydrogen-bond donors (Lipinski definition) is 0. The summed E-state index contributed by atoms with van der Waals surface area (Å²) in [4.78, 5) is 10.6. The summed E-state index contributed by atoms with van der Waals surface area (Å²) in [5, 5.41) is 4.19. The summed E-state index contributed by atoms with van der Waals surface area (Å²) in [5.41, 5.74) is 0.933. The third-order valence-electron chi connectivity index (χ3n) is 4.38. The predicted octanol–water partition coefficient (Wildman–Crippen LogP) is 5.12. The Morgan fingerprint density at radius 3 is 1.34 bits per heavy atom. The Balaban J connectivity index is 0.000000244. The molecular weight excluding hydrogens is 596 g/mol. The summed E-state index contributed by atoms with van der Waals surface area (Å²) >= 11 is 0. The number of esters is 1. The number of carbonyl (C=O) groups excluding carboxylic acids is 1. The smallest absolute Gasteiger partial charge is 0.480 e. The Kier molecular flexibility index (Phi) is 11.4. The molecule has 0 amide bonds. The second kappa shape index (κ2) is 14.3. The predicted molar refractivity (Wildman–Crippen MR) is 131 cm³/mol. The van der Waals surface area contributed by atoms with Crippen LogP contribution in [0.2, 0.25) is 0 Å². The maximum absolute atomic E-state index is 10.6. The van der Waals surface area contributed by atoms with Crippen molar-refractivity contribution >= 4 is 35.9 Å². The van der Waals surface area contributed by atoms with Gasteiger partial charge in [0.25, 0.3) is 0 Å². The van der Waals surface area contributed by atoms with Gasteiger partial charge in [0.2, 0.25) is 5.97 Å². The van der Waals surface area contributed by atoms with Gasteiger partial charge in [-0.25, -0.2) is 6.08 Å². The van der Waals surface area contributed by atoms with Gasteiger partial charge in [0, 0.05) is 0 Å². The monoisotopic (exact) mass is 620 g/mol. The first kappa shape index (κ1) is 25.5. The Hall–Kier alpha value is -2.74. The van der Waals surface area contributed by atoms with Crippen molar-refractivity contribution in [3.05, 3.63) is 133 Å². The molecule has 0 spiro atoms. The summed E-state index contributed by atoms with van der Waals surface area (Å²) in [6, 6.07) is 41.8. The Bertz CT molecular complexity index is 976. The zero-order valence-electron chi connectivity index (χ0n) is 17.7. The largest absolute Gasteiger partial charge is 1.00 e. The zero-order valence-corrected chi connectivity index (χ0v) is 20.8. The van der Waals surface area contributed by atoms with Gasteiger partial charge >= 0.3 is 22.4 Å². The molecule has 0 fully saturated rings. The third-order valence-corrected chi connectivity index (χ3v) is 6.83. The van der Waals surface area contributed by atoms with Crippen molar-refractivity contribution in [3.63, 3.8) is 0 Å². The fourth-order valence-corrected chi connectivity index (χ4v) is 5.23. The molecule has 0 heterocycles. The number of methoxy groups -OCH3 is 1. The van der Waals surface area contributed by atoms with Crippen LogP contribution in [0.15, 0.2) is 121 Å². The molecule has 164 valence electrons. The summed E-state index contributed by atoms with van der Waals surface area (Å²) in [6.07, 6.45) is 4.05. The van der Waals surface area contributed by atoms with E-state index in [0.717, 1.165) is 5.56 Å². The number of carbonyl (C=O) groups is 1. The molecule has 0 aliphatic rings. The topological polar surface area (TPSA) is 26.3 Å². The van der Waals surface area contributed by atoms with Crippen molar-refractivity contribution in [2.24, 2.45) is 0 Å². The number of rotatable bonds is 5. The minimum Gasteiger partial charge on any atom is -0.480 e. The Morgan fingerprint density at radius 1 is 0.656 bits per heavy atom. The van der Waals surface area contributed by atoms with Crippen LogP contribution in [-0.2, 0) is 31.9 Å². The van der Waals surface area contributed by atoms with Gasteiger partial charge in [0.15, 0.2) is 0 Å². The third kappa shape index (κ3) is 8.07. The fraction of sp³-hybridized carbons (Fsp3) is 0.0357. The molecule has 0 unspecified atom stereocenters. The SMILES string of the molecule is COC(=O)[C-]=Cc1ccccc1.[Au+].c1ccc(P(c2ccccc2)c2ccccc2)cc1. The van der Waals surface area contributed by atoms with Crippen LogP contribution in [0.25, 0.3) is 6.08 Å². The minimum atomic E-state index is -0.459. The molecule has 0 N–H and O–H groups in total. The molecule has 0 aliphatic heterocycles. The molecule has 0 radical (unpaired) electrons. The van der Waals surface area contributed by atoms with Crippen LogP contribution in [-0.4, -0.2) is 13.1 Å². The molecule has 4 rings (SSSR count). The van der Waals surface area contributed by atoms with E-state index < -0.39 is 13.9 Å². The van der Waals surface area contributed by atoms with E-state index in [9.17, 15) is 4.79 Å². The van der Waals surface area contributed by atoms with E-state index in [1.54, 1.807) is 6.08 Å². The van der Waals surface area contributed by atoms with E-state index in [4.69, 9.17) is 0 Å². The van der Waals surface area contributed by atoms with Crippen LogP contribution in [0.4, 0.5) is 0 Å². The van der Waals surface area contributed by atoms with Crippen molar-refractivity contribution in [1.82, 2.24) is 0 Å². The van der Waals surface area contributed by atoms with Gasteiger partial charge in [-0.3, -0.25) is 4.79 Å². The van der Waals surface area contributed by atoms with Gasteiger partial charge < -0.3 is 4.74 Å². The number of hydrogen-bond acceptors (Lipinski definition) is 2. The van der Waals surface area contributed by atoms with E-state index in [-0.39, 0.29) is 22.4 Å². The average Bonchev–Trinajstić information content (AvgIpc) is 2.86. The first-order chi connectivity index (χ1) is 15.3. The standard InChI is InChI=1S/C18H15P.C10H9O2.Au/c1-4-10-16(11-5-1)19(17-12-6-2-7-13-17)18-14-8-3-9-15-18;1-12-10(11)8-7-9-5-3-2-4-6-9;/h1-15H;2-7H,1H3;/q;-1;+1. The van der Waals surface area contributed by atoms with E-state index in [2.05, 4.69) is 102 Å². The molecule has 0 saturated carbocycles. The van der Waals surface area contributed by atoms with Gasteiger partial charge in [0.1, 0.15) is 0 Å². The van der Waals surface area contributed by atoms with Crippen molar-refractivity contribution in [1.29, 1.82) is 0 Å². The van der Waals surface area contributed by atoms with Gasteiger partial charge in [-0.1, -0.05) is 109 Å². The summed E-state index contributed by atoms with van der Waals surface area (Å²) < 4.78 is 4.39. The number of benzene rings is 4. The van der Waals surface area contributed by atoms with Gasteiger partial charge in [-0.15, -0.1) is 12.1 Å². The molecule has 0 aromatic heterocycles. The van der Waals surface area contributed by atoms with Crippen molar-refractivity contribution in [2.75, 3.05) is 7.11 Å². The van der Waals surface area contributed by atoms with Crippen LogP contribution in [0.3, 0.4) is 0 Å². The van der Waals surface area contributed by atoms with Crippen LogP contribution in [0.1, 0.15) is 5.56 Å². The first-order valence-electron chi connectivity index (χ1n) is 9.96. The van der Waals surface area contributed by atoms with Gasteiger partial charge in [-0.05, 0) is 23.8 Å². The molecule has 0 atom stereocenters. The minimum absolute atomic E-state index is 0. The van der Waals surface area contributed by atoms with Crippen LogP contribution >= 0.6 is 7.92 Å². The molecule has 0 aliphatic carbocycles. The van der Waals surface area contributed by atoms with Crippen LogP contribution in [0.5, 0.6) is 0 Å². The van der Waals surface area contributed by atoms with E-state index in [0.29, 0.717) is 0 Å². The molecule has 2 nitrogen and oxygen atoms in total. The average molecular weight is 620 g/mol. The molecular formula is C28H24AuO2P. The van der Waals surface area contributed by atoms with E-state index >= 15 is 0 Å². The second-order valence-corrected chi connectivity index (χ2v) is 8.75. The van der Waals surface area contributed by atoms with Crippen molar-refractivity contribution in [2.45, 2.75) is 0 Å². The molecule has 32 heavy (non-hydrogen) atoms. The zero-order chi connectivity index (χ0) is 21.7. The maximum atomic E-state index is 10.6. The van der Waals surface area contributed by atoms with Gasteiger partial charge in [-0.2, -0.15) is 11.6 Å². The first-order valence-corrected chi connectivity index (χ1v) is 11.3. The van der Waals surface area contributed by atoms with E-state index in [1.807, 2.05) is 30.3 Å². The van der Waals surface area contributed by atoms with Gasteiger partial charge in [0.05, 0.1) is 7.11 Å². The normalized spacial score (nSPS) is 10.1. The Morgan fingerprint density at radius 2 is 1.00 bits per heavy atom. The van der Waals surface area contributed by atoms with E-state index in [1.165, 1.54) is 23.0 Å². The second-order valence-electron chi connectivity index (χ2n) is 6.53. The molecule has 4 aromatic rings. The van der Waals surface area contributed by atoms with Crippen molar-refractivity contribution in [3.8, 4) is 0 Å². The summed E-state index contributed by atoms with van der Waals surface area (Å²) in [5.74, 6) is -0.459. The maximum Gasteiger partial charge on any atom is 1.00 e. The van der Waals surface area contributed by atoms with Crippen LogP contribution in [0, 0.1) is 6.08 Å². The van der Waals surface area contributed by atoms with Crippen molar-refractivity contribution < 1.29 is 31.9 Å².